The molecule has 1 rings (SSSR count). The Balaban J connectivity index is 3.07. The molecule has 1 N–H and O–H groups in total. The molecule has 1 amide bonds. The predicted octanol–water partition coefficient (Wildman–Crippen LogP) is 2.33. The minimum Gasteiger partial charge on any atom is -0.497 e. The third-order valence-corrected chi connectivity index (χ3v) is 3.40. The van der Waals surface area contributed by atoms with Gasteiger partial charge in [0.25, 0.3) is 5.91 Å². The van der Waals surface area contributed by atoms with Crippen LogP contribution in [0.15, 0.2) is 29.4 Å². The molecule has 0 fully saturated rings. The third kappa shape index (κ3) is 6.69. The van der Waals surface area contributed by atoms with E-state index in [0.717, 1.165) is 7.11 Å². The topological polar surface area (TPSA) is 118 Å². The van der Waals surface area contributed by atoms with Gasteiger partial charge in [-0.2, -0.15) is 5.11 Å². The zero-order valence-corrected chi connectivity index (χ0v) is 16.1. The largest absolute Gasteiger partial charge is 0.497 e. The molecule has 0 aliphatic carbocycles. The molecular formula is C18H25N3O6. The van der Waals surface area contributed by atoms with Gasteiger partial charge in [-0.3, -0.25) is 9.59 Å². The molecule has 9 nitrogen and oxygen atoms in total. The Labute approximate surface area is 158 Å². The van der Waals surface area contributed by atoms with Gasteiger partial charge in [0.15, 0.2) is 0 Å². The number of hydrogen-bond donors (Lipinski definition) is 1. The van der Waals surface area contributed by atoms with Crippen molar-refractivity contribution in [1.82, 2.24) is 0 Å². The zero-order chi connectivity index (χ0) is 20.6. The van der Waals surface area contributed by atoms with E-state index < -0.39 is 29.5 Å². The Hall–Kier alpha value is -2.97. The quantitative estimate of drug-likeness (QED) is 0.421. The van der Waals surface area contributed by atoms with Gasteiger partial charge in [0.2, 0.25) is 6.04 Å². The highest BCUT2D eigenvalue weighted by atomic mass is 16.6. The number of hydrogen-bond acceptors (Lipinski definition) is 8. The first-order valence-electron chi connectivity index (χ1n) is 8.24. The van der Waals surface area contributed by atoms with E-state index in [4.69, 9.17) is 15.0 Å². The summed E-state index contributed by atoms with van der Waals surface area (Å²) in [6.07, 6.45) is -0.0963. The lowest BCUT2D eigenvalue weighted by Gasteiger charge is -2.25. The van der Waals surface area contributed by atoms with Gasteiger partial charge >= 0.3 is 11.9 Å². The van der Waals surface area contributed by atoms with Crippen LogP contribution in [0.3, 0.4) is 0 Å². The summed E-state index contributed by atoms with van der Waals surface area (Å²) in [5.74, 6) is -1.64. The van der Waals surface area contributed by atoms with Crippen LogP contribution in [-0.2, 0) is 23.9 Å². The Morgan fingerprint density at radius 2 is 1.74 bits per heavy atom. The second-order valence-electron chi connectivity index (χ2n) is 6.58. The lowest BCUT2D eigenvalue weighted by Crippen LogP contribution is -2.44. The number of nitrogens with one attached hydrogen (secondary N) is 1. The van der Waals surface area contributed by atoms with E-state index in [-0.39, 0.29) is 13.0 Å². The number of carbonyl (C=O) groups excluding carboxylic acids is 3. The predicted molar refractivity (Wildman–Crippen MR) is 96.8 cm³/mol. The van der Waals surface area contributed by atoms with Gasteiger partial charge in [-0.1, -0.05) is 0 Å². The molecule has 1 unspecified atom stereocenters. The van der Waals surface area contributed by atoms with Gasteiger partial charge < -0.3 is 19.1 Å². The summed E-state index contributed by atoms with van der Waals surface area (Å²) in [4.78, 5) is 37.7. The highest BCUT2D eigenvalue weighted by Crippen LogP contribution is 2.21. The Kier molecular flexibility index (Phi) is 7.89. The molecule has 9 heteroatoms. The van der Waals surface area contributed by atoms with Crippen LogP contribution in [0.5, 0.6) is 5.75 Å². The van der Waals surface area contributed by atoms with E-state index in [2.05, 4.69) is 9.85 Å². The van der Waals surface area contributed by atoms with Crippen molar-refractivity contribution in [2.24, 2.45) is 5.11 Å². The highest BCUT2D eigenvalue weighted by Gasteiger charge is 2.33. The van der Waals surface area contributed by atoms with Gasteiger partial charge in [0, 0.05) is 12.2 Å². The molecule has 1 atom stereocenters. The van der Waals surface area contributed by atoms with Crippen molar-refractivity contribution >= 4 is 23.5 Å². The van der Waals surface area contributed by atoms with E-state index in [1.165, 1.54) is 12.0 Å². The third-order valence-electron chi connectivity index (χ3n) is 3.40. The summed E-state index contributed by atoms with van der Waals surface area (Å²) in [6, 6.07) is 4.83. The number of benzene rings is 1. The highest BCUT2D eigenvalue weighted by molar-refractivity contribution is 6.09. The van der Waals surface area contributed by atoms with Crippen LogP contribution in [0.2, 0.25) is 0 Å². The monoisotopic (exact) mass is 379 g/mol. The SMILES string of the molecule is COC(=O)C(N=N)C(=O)N(CCC(=O)OC(C)(C)C)c1ccc(OC)cc1. The average Bonchev–Trinajstić information content (AvgIpc) is 2.61. The van der Waals surface area contributed by atoms with Crippen molar-refractivity contribution < 1.29 is 28.6 Å². The van der Waals surface area contributed by atoms with Crippen molar-refractivity contribution in [3.63, 3.8) is 0 Å². The minimum atomic E-state index is -1.64. The molecule has 27 heavy (non-hydrogen) atoms. The van der Waals surface area contributed by atoms with Gasteiger partial charge in [0.05, 0.1) is 20.6 Å². The van der Waals surface area contributed by atoms with Crippen LogP contribution >= 0.6 is 0 Å². The first kappa shape index (κ1) is 22.1. The summed E-state index contributed by atoms with van der Waals surface area (Å²) >= 11 is 0. The summed E-state index contributed by atoms with van der Waals surface area (Å²) in [5.41, 5.74) is 6.91. The van der Waals surface area contributed by atoms with Crippen LogP contribution < -0.4 is 9.64 Å². The number of nitrogens with zero attached hydrogens (tertiary/aromatic N) is 2. The fourth-order valence-electron chi connectivity index (χ4n) is 2.19. The second-order valence-corrected chi connectivity index (χ2v) is 6.58. The molecule has 0 spiro atoms. The summed E-state index contributed by atoms with van der Waals surface area (Å²) in [5, 5.41) is 3.07. The second kappa shape index (κ2) is 9.65. The maximum absolute atomic E-state index is 12.8. The number of rotatable bonds is 8. The minimum absolute atomic E-state index is 0.0525. The van der Waals surface area contributed by atoms with Gasteiger partial charge in [0.1, 0.15) is 11.4 Å². The Morgan fingerprint density at radius 1 is 1.15 bits per heavy atom. The Morgan fingerprint density at radius 3 is 2.19 bits per heavy atom. The number of methoxy groups -OCH3 is 2. The van der Waals surface area contributed by atoms with Crippen LogP contribution in [0.25, 0.3) is 0 Å². The number of esters is 2. The van der Waals surface area contributed by atoms with Crippen LogP contribution in [0.1, 0.15) is 27.2 Å². The van der Waals surface area contributed by atoms with E-state index in [1.54, 1.807) is 45.0 Å². The van der Waals surface area contributed by atoms with Crippen molar-refractivity contribution in [1.29, 1.82) is 5.53 Å². The van der Waals surface area contributed by atoms with E-state index in [0.29, 0.717) is 11.4 Å². The first-order chi connectivity index (χ1) is 12.6. The number of anilines is 1. The molecule has 0 saturated carbocycles. The first-order valence-corrected chi connectivity index (χ1v) is 8.24. The van der Waals surface area contributed by atoms with Crippen molar-refractivity contribution in [3.8, 4) is 5.75 Å². The molecule has 0 aliphatic rings. The average molecular weight is 379 g/mol. The zero-order valence-electron chi connectivity index (χ0n) is 16.1. The standard InChI is InChI=1S/C18H25N3O6/c1-18(2,3)27-14(22)10-11-21(12-6-8-13(25-4)9-7-12)16(23)15(20-19)17(24)26-5/h6-9,15,19H,10-11H2,1-5H3. The van der Waals surface area contributed by atoms with Crippen LogP contribution in [0.4, 0.5) is 5.69 Å². The van der Waals surface area contributed by atoms with E-state index in [1.807, 2.05) is 0 Å². The maximum Gasteiger partial charge on any atom is 0.342 e. The Bertz CT molecular complexity index is 681. The molecule has 0 aromatic heterocycles. The number of ether oxygens (including phenoxy) is 3. The normalized spacial score (nSPS) is 11.9. The molecule has 0 bridgehead atoms. The van der Waals surface area contributed by atoms with Crippen LogP contribution in [-0.4, -0.2) is 50.3 Å². The lowest BCUT2D eigenvalue weighted by molar-refractivity contribution is -0.154. The fraction of sp³-hybridized carbons (Fsp3) is 0.500. The maximum atomic E-state index is 12.8. The lowest BCUT2D eigenvalue weighted by atomic mass is 10.2. The van der Waals surface area contributed by atoms with Crippen LogP contribution in [0, 0.1) is 5.53 Å². The van der Waals surface area contributed by atoms with Crippen molar-refractivity contribution in [2.75, 3.05) is 25.7 Å². The fourth-order valence-corrected chi connectivity index (χ4v) is 2.19. The van der Waals surface area contributed by atoms with Gasteiger partial charge in [-0.05, 0) is 45.0 Å². The molecular weight excluding hydrogens is 354 g/mol. The summed E-state index contributed by atoms with van der Waals surface area (Å²) in [6.45, 7) is 5.17. The summed E-state index contributed by atoms with van der Waals surface area (Å²) in [7, 11) is 2.61. The number of amides is 1. The van der Waals surface area contributed by atoms with Crippen molar-refractivity contribution in [3.05, 3.63) is 24.3 Å². The van der Waals surface area contributed by atoms with Crippen molar-refractivity contribution in [2.45, 2.75) is 38.8 Å². The van der Waals surface area contributed by atoms with E-state index >= 15 is 0 Å². The molecule has 0 saturated heterocycles. The number of carbonyl (C=O) groups is 3. The molecule has 0 aliphatic heterocycles. The van der Waals surface area contributed by atoms with Gasteiger partial charge in [-0.15, -0.1) is 0 Å². The van der Waals surface area contributed by atoms with E-state index in [9.17, 15) is 14.4 Å². The summed E-state index contributed by atoms with van der Waals surface area (Å²) < 4.78 is 14.9. The smallest absolute Gasteiger partial charge is 0.342 e. The molecule has 1 aromatic carbocycles. The molecule has 148 valence electrons. The molecule has 0 radical (unpaired) electrons. The molecule has 1 aromatic rings. The van der Waals surface area contributed by atoms with Gasteiger partial charge in [-0.25, -0.2) is 10.3 Å². The molecule has 0 heterocycles.